The molecule has 0 aromatic heterocycles. The molecule has 0 radical (unpaired) electrons. The van der Waals surface area contributed by atoms with Crippen molar-refractivity contribution in [2.45, 2.75) is 38.2 Å². The van der Waals surface area contributed by atoms with Crippen LogP contribution in [-0.4, -0.2) is 24.9 Å². The Labute approximate surface area is 74.9 Å². The van der Waals surface area contributed by atoms with Gasteiger partial charge in [-0.15, -0.1) is 12.3 Å². The summed E-state index contributed by atoms with van der Waals surface area (Å²) < 4.78 is 4.87. The Balaban J connectivity index is 3.11. The Hall–Kier alpha value is -0.520. The van der Waals surface area contributed by atoms with Gasteiger partial charge in [0.2, 0.25) is 0 Å². The number of aliphatic hydroxyl groups is 1. The van der Waals surface area contributed by atoms with Gasteiger partial charge in [-0.2, -0.15) is 0 Å². The molecule has 0 fully saturated rings. The van der Waals surface area contributed by atoms with Gasteiger partial charge in [-0.05, 0) is 25.7 Å². The molecule has 1 N–H and O–H groups in total. The fourth-order valence-corrected chi connectivity index (χ4v) is 1.05. The highest BCUT2D eigenvalue weighted by Gasteiger charge is 2.02. The van der Waals surface area contributed by atoms with E-state index in [1.807, 2.05) is 0 Å². The van der Waals surface area contributed by atoms with Crippen LogP contribution in [-0.2, 0) is 4.74 Å². The van der Waals surface area contributed by atoms with E-state index in [-0.39, 0.29) is 6.10 Å². The van der Waals surface area contributed by atoms with Gasteiger partial charge in [0.05, 0.1) is 6.10 Å². The fourth-order valence-electron chi connectivity index (χ4n) is 1.05. The van der Waals surface area contributed by atoms with Crippen LogP contribution in [0, 0.1) is 12.3 Å². The Bertz CT molecular complexity index is 126. The second-order valence-electron chi connectivity index (χ2n) is 2.89. The Morgan fingerprint density at radius 3 is 2.67 bits per heavy atom. The number of ether oxygens (including phenoxy) is 1. The maximum atomic E-state index is 9.38. The van der Waals surface area contributed by atoms with E-state index >= 15 is 0 Å². The zero-order chi connectivity index (χ0) is 9.23. The lowest BCUT2D eigenvalue weighted by molar-refractivity contribution is 0.127. The number of terminal acetylenes is 1. The first-order valence-electron chi connectivity index (χ1n) is 4.41. The summed E-state index contributed by atoms with van der Waals surface area (Å²) in [4.78, 5) is 0. The predicted octanol–water partition coefficient (Wildman–Crippen LogP) is 1.58. The van der Waals surface area contributed by atoms with Crippen LogP contribution in [0.3, 0.4) is 0 Å². The van der Waals surface area contributed by atoms with Crippen molar-refractivity contribution in [2.24, 2.45) is 0 Å². The minimum Gasteiger partial charge on any atom is -0.393 e. The molecule has 1 unspecified atom stereocenters. The minimum atomic E-state index is -0.200. The number of rotatable bonds is 7. The van der Waals surface area contributed by atoms with E-state index in [1.54, 1.807) is 7.11 Å². The third kappa shape index (κ3) is 7.59. The maximum absolute atomic E-state index is 9.38. The molecule has 0 saturated heterocycles. The van der Waals surface area contributed by atoms with Crippen LogP contribution in [0.2, 0.25) is 0 Å². The van der Waals surface area contributed by atoms with E-state index in [2.05, 4.69) is 5.92 Å². The molecular weight excluding hydrogens is 152 g/mol. The zero-order valence-electron chi connectivity index (χ0n) is 7.75. The molecule has 0 spiro atoms. The largest absolute Gasteiger partial charge is 0.393 e. The van der Waals surface area contributed by atoms with Gasteiger partial charge in [-0.25, -0.2) is 0 Å². The molecule has 0 aliphatic heterocycles. The van der Waals surface area contributed by atoms with Crippen LogP contribution in [0.5, 0.6) is 0 Å². The number of aliphatic hydroxyl groups excluding tert-OH is 1. The van der Waals surface area contributed by atoms with Gasteiger partial charge in [0.15, 0.2) is 0 Å². The van der Waals surface area contributed by atoms with Gasteiger partial charge in [0.25, 0.3) is 0 Å². The van der Waals surface area contributed by atoms with Crippen molar-refractivity contribution in [3.05, 3.63) is 0 Å². The summed E-state index contributed by atoms with van der Waals surface area (Å²) in [5.41, 5.74) is 0. The summed E-state index contributed by atoms with van der Waals surface area (Å²) in [6.07, 6.45) is 9.13. The summed E-state index contributed by atoms with van der Waals surface area (Å²) in [6, 6.07) is 0. The Kier molecular flexibility index (Phi) is 8.20. The van der Waals surface area contributed by atoms with E-state index in [0.29, 0.717) is 0 Å². The molecule has 0 rings (SSSR count). The first-order chi connectivity index (χ1) is 5.81. The van der Waals surface area contributed by atoms with Gasteiger partial charge < -0.3 is 9.84 Å². The van der Waals surface area contributed by atoms with Gasteiger partial charge in [-0.1, -0.05) is 0 Å². The molecule has 70 valence electrons. The molecule has 0 aromatic carbocycles. The van der Waals surface area contributed by atoms with Crippen molar-refractivity contribution < 1.29 is 9.84 Å². The molecular formula is C10H18O2. The van der Waals surface area contributed by atoms with Crippen LogP contribution in [0.25, 0.3) is 0 Å². The predicted molar refractivity (Wildman–Crippen MR) is 49.8 cm³/mol. The summed E-state index contributed by atoms with van der Waals surface area (Å²) in [7, 11) is 1.67. The molecule has 0 amide bonds. The van der Waals surface area contributed by atoms with E-state index in [9.17, 15) is 5.11 Å². The Morgan fingerprint density at radius 1 is 1.42 bits per heavy atom. The van der Waals surface area contributed by atoms with Gasteiger partial charge >= 0.3 is 0 Å². The second-order valence-corrected chi connectivity index (χ2v) is 2.89. The van der Waals surface area contributed by atoms with Crippen LogP contribution >= 0.6 is 0 Å². The van der Waals surface area contributed by atoms with E-state index in [0.717, 1.165) is 38.7 Å². The summed E-state index contributed by atoms with van der Waals surface area (Å²) in [6.45, 7) is 0.728. The van der Waals surface area contributed by atoms with Gasteiger partial charge in [-0.3, -0.25) is 0 Å². The van der Waals surface area contributed by atoms with Crippen LogP contribution < -0.4 is 0 Å². The monoisotopic (exact) mass is 170 g/mol. The topological polar surface area (TPSA) is 29.5 Å². The van der Waals surface area contributed by atoms with Crippen molar-refractivity contribution in [1.29, 1.82) is 0 Å². The first-order valence-corrected chi connectivity index (χ1v) is 4.41. The summed E-state index contributed by atoms with van der Waals surface area (Å²) in [5.74, 6) is 2.55. The third-order valence-corrected chi connectivity index (χ3v) is 1.74. The molecule has 1 atom stereocenters. The maximum Gasteiger partial charge on any atom is 0.0541 e. The fraction of sp³-hybridized carbons (Fsp3) is 0.800. The van der Waals surface area contributed by atoms with Crippen molar-refractivity contribution in [3.8, 4) is 12.3 Å². The van der Waals surface area contributed by atoms with Crippen LogP contribution in [0.15, 0.2) is 0 Å². The lowest BCUT2D eigenvalue weighted by atomic mass is 10.1. The minimum absolute atomic E-state index is 0.200. The van der Waals surface area contributed by atoms with Gasteiger partial charge in [0.1, 0.15) is 0 Å². The molecule has 0 aliphatic carbocycles. The van der Waals surface area contributed by atoms with Crippen LogP contribution in [0.1, 0.15) is 32.1 Å². The number of hydrogen-bond donors (Lipinski definition) is 1. The molecule has 0 bridgehead atoms. The van der Waals surface area contributed by atoms with E-state index in [1.165, 1.54) is 0 Å². The van der Waals surface area contributed by atoms with Crippen molar-refractivity contribution >= 4 is 0 Å². The number of methoxy groups -OCH3 is 1. The lowest BCUT2D eigenvalue weighted by Gasteiger charge is -2.08. The molecule has 0 saturated carbocycles. The quantitative estimate of drug-likeness (QED) is 0.464. The lowest BCUT2D eigenvalue weighted by Crippen LogP contribution is -2.07. The number of hydrogen-bond acceptors (Lipinski definition) is 2. The summed E-state index contributed by atoms with van der Waals surface area (Å²) >= 11 is 0. The molecule has 0 heterocycles. The highest BCUT2D eigenvalue weighted by Crippen LogP contribution is 2.06. The zero-order valence-corrected chi connectivity index (χ0v) is 7.75. The smallest absolute Gasteiger partial charge is 0.0541 e. The van der Waals surface area contributed by atoms with Crippen molar-refractivity contribution in [3.63, 3.8) is 0 Å². The molecule has 12 heavy (non-hydrogen) atoms. The molecule has 0 aliphatic rings. The third-order valence-electron chi connectivity index (χ3n) is 1.74. The summed E-state index contributed by atoms with van der Waals surface area (Å²) in [5, 5.41) is 9.38. The standard InChI is InChI=1S/C10H18O2/c1-3-4-5-7-10(11)8-6-9-12-2/h1,10-11H,4-9H2,2H3. The normalized spacial score (nSPS) is 12.4. The highest BCUT2D eigenvalue weighted by molar-refractivity contribution is 4.83. The SMILES string of the molecule is C#CCCCC(O)CCCOC. The molecule has 2 nitrogen and oxygen atoms in total. The average molecular weight is 170 g/mol. The Morgan fingerprint density at radius 2 is 2.08 bits per heavy atom. The second kappa shape index (κ2) is 8.58. The van der Waals surface area contributed by atoms with Crippen molar-refractivity contribution in [2.75, 3.05) is 13.7 Å². The van der Waals surface area contributed by atoms with Gasteiger partial charge in [0, 0.05) is 20.1 Å². The highest BCUT2D eigenvalue weighted by atomic mass is 16.5. The molecule has 2 heteroatoms. The first kappa shape index (κ1) is 11.5. The van der Waals surface area contributed by atoms with E-state index in [4.69, 9.17) is 11.2 Å². The number of unbranched alkanes of at least 4 members (excludes halogenated alkanes) is 1. The van der Waals surface area contributed by atoms with E-state index < -0.39 is 0 Å². The average Bonchev–Trinajstić information content (AvgIpc) is 2.06. The molecule has 0 aromatic rings. The van der Waals surface area contributed by atoms with Crippen LogP contribution in [0.4, 0.5) is 0 Å². The van der Waals surface area contributed by atoms with Crippen molar-refractivity contribution in [1.82, 2.24) is 0 Å².